The van der Waals surface area contributed by atoms with E-state index in [0.717, 1.165) is 17.9 Å². The summed E-state index contributed by atoms with van der Waals surface area (Å²) in [7, 11) is 0. The minimum atomic E-state index is 0.162. The lowest BCUT2D eigenvalue weighted by Gasteiger charge is -2.08. The fourth-order valence-corrected chi connectivity index (χ4v) is 3.63. The Morgan fingerprint density at radius 3 is 2.88 bits per heavy atom. The van der Waals surface area contributed by atoms with Gasteiger partial charge in [0.05, 0.1) is 5.56 Å². The Balaban J connectivity index is 1.82. The molecule has 126 valence electrons. The van der Waals surface area contributed by atoms with E-state index in [2.05, 4.69) is 27.9 Å². The summed E-state index contributed by atoms with van der Waals surface area (Å²) in [5.41, 5.74) is 7.69. The molecule has 0 saturated carbocycles. The second-order valence-electron chi connectivity index (χ2n) is 5.39. The van der Waals surface area contributed by atoms with Gasteiger partial charge in [0.15, 0.2) is 33.6 Å². The summed E-state index contributed by atoms with van der Waals surface area (Å²) < 4.78 is 12.7. The fraction of sp³-hybridized carbons (Fsp3) is 0.250. The van der Waals surface area contributed by atoms with Crippen LogP contribution in [0.15, 0.2) is 28.5 Å². The number of nitrogen functional groups attached to an aromatic ring is 1. The molecule has 0 atom stereocenters. The maximum Gasteiger partial charge on any atom is 0.231 e. The Hall–Kier alpha value is -2.99. The molecule has 0 fully saturated rings. The standard InChI is InChI=1S/C16H14N6O2S/c1-2-3-22-15-13(14(18)19-7-20-15)21-16(22)25-12-5-11-10(23-8-24-11)4-9(12)6-17/h4-5,7H,2-3,8H2,1H3,(H2,18,19,20). The van der Waals surface area contributed by atoms with Gasteiger partial charge in [0.25, 0.3) is 0 Å². The van der Waals surface area contributed by atoms with Crippen LogP contribution in [0.5, 0.6) is 11.5 Å². The van der Waals surface area contributed by atoms with Crippen molar-refractivity contribution in [1.82, 2.24) is 19.5 Å². The predicted molar refractivity (Wildman–Crippen MR) is 91.4 cm³/mol. The highest BCUT2D eigenvalue weighted by Gasteiger charge is 2.21. The first-order valence-electron chi connectivity index (χ1n) is 7.69. The van der Waals surface area contributed by atoms with E-state index in [1.54, 1.807) is 12.1 Å². The molecule has 0 unspecified atom stereocenters. The Bertz CT molecular complexity index is 1010. The van der Waals surface area contributed by atoms with Crippen molar-refractivity contribution in [2.75, 3.05) is 12.5 Å². The molecule has 9 heteroatoms. The molecule has 0 radical (unpaired) electrons. The van der Waals surface area contributed by atoms with Crippen LogP contribution in [0, 0.1) is 11.3 Å². The number of hydrogen-bond acceptors (Lipinski definition) is 8. The number of nitrogens with zero attached hydrogens (tertiary/aromatic N) is 5. The first-order chi connectivity index (χ1) is 12.2. The van der Waals surface area contributed by atoms with Crippen LogP contribution < -0.4 is 15.2 Å². The molecule has 2 aromatic heterocycles. The predicted octanol–water partition coefficient (Wildman–Crippen LogP) is 2.57. The van der Waals surface area contributed by atoms with E-state index in [-0.39, 0.29) is 6.79 Å². The number of aryl methyl sites for hydroxylation is 1. The molecule has 3 aromatic rings. The Morgan fingerprint density at radius 1 is 1.32 bits per heavy atom. The highest BCUT2D eigenvalue weighted by Crippen LogP contribution is 2.41. The average Bonchev–Trinajstić information content (AvgIpc) is 3.20. The lowest BCUT2D eigenvalue weighted by Crippen LogP contribution is -2.01. The molecule has 1 aromatic carbocycles. The zero-order valence-corrected chi connectivity index (χ0v) is 14.2. The maximum atomic E-state index is 9.46. The molecule has 0 bridgehead atoms. The molecule has 8 nitrogen and oxygen atoms in total. The molecule has 3 heterocycles. The quantitative estimate of drug-likeness (QED) is 0.761. The van der Waals surface area contributed by atoms with E-state index in [1.807, 2.05) is 4.57 Å². The Kier molecular flexibility index (Phi) is 3.82. The molecule has 0 amide bonds. The lowest BCUT2D eigenvalue weighted by molar-refractivity contribution is 0.174. The summed E-state index contributed by atoms with van der Waals surface area (Å²) in [6.45, 7) is 2.97. The molecular weight excluding hydrogens is 340 g/mol. The molecule has 1 aliphatic heterocycles. The van der Waals surface area contributed by atoms with Crippen molar-refractivity contribution in [3.8, 4) is 17.6 Å². The van der Waals surface area contributed by atoms with Crippen LogP contribution in [0.4, 0.5) is 5.82 Å². The number of aromatic nitrogens is 4. The van der Waals surface area contributed by atoms with Gasteiger partial charge in [-0.15, -0.1) is 0 Å². The third kappa shape index (κ3) is 2.60. The zero-order chi connectivity index (χ0) is 17.4. The summed E-state index contributed by atoms with van der Waals surface area (Å²) in [4.78, 5) is 13.6. The van der Waals surface area contributed by atoms with Gasteiger partial charge >= 0.3 is 0 Å². The lowest BCUT2D eigenvalue weighted by atomic mass is 10.2. The summed E-state index contributed by atoms with van der Waals surface area (Å²) >= 11 is 1.38. The van der Waals surface area contributed by atoms with Crippen molar-refractivity contribution < 1.29 is 9.47 Å². The molecule has 2 N–H and O–H groups in total. The van der Waals surface area contributed by atoms with Crippen molar-refractivity contribution in [3.05, 3.63) is 24.0 Å². The third-order valence-corrected chi connectivity index (χ3v) is 4.82. The van der Waals surface area contributed by atoms with Crippen molar-refractivity contribution in [2.24, 2.45) is 0 Å². The van der Waals surface area contributed by atoms with Crippen LogP contribution in [0.1, 0.15) is 18.9 Å². The molecule has 0 saturated heterocycles. The van der Waals surface area contributed by atoms with Crippen LogP contribution >= 0.6 is 11.8 Å². The van der Waals surface area contributed by atoms with Gasteiger partial charge in [0.1, 0.15) is 12.4 Å². The minimum absolute atomic E-state index is 0.162. The van der Waals surface area contributed by atoms with Crippen LogP contribution in [0.25, 0.3) is 11.2 Å². The number of ether oxygens (including phenoxy) is 2. The van der Waals surface area contributed by atoms with Gasteiger partial charge in [-0.05, 0) is 12.5 Å². The number of fused-ring (bicyclic) bond motifs is 2. The third-order valence-electron chi connectivity index (χ3n) is 3.77. The summed E-state index contributed by atoms with van der Waals surface area (Å²) in [6.07, 6.45) is 2.34. The van der Waals surface area contributed by atoms with E-state index >= 15 is 0 Å². The highest BCUT2D eigenvalue weighted by atomic mass is 32.2. The average molecular weight is 354 g/mol. The number of rotatable bonds is 4. The number of benzene rings is 1. The van der Waals surface area contributed by atoms with Gasteiger partial charge in [0, 0.05) is 17.5 Å². The summed E-state index contributed by atoms with van der Waals surface area (Å²) in [5.74, 6) is 1.55. The summed E-state index contributed by atoms with van der Waals surface area (Å²) in [5, 5.41) is 10.2. The maximum absolute atomic E-state index is 9.46. The molecule has 4 rings (SSSR count). The van der Waals surface area contributed by atoms with Crippen LogP contribution in [-0.4, -0.2) is 26.3 Å². The van der Waals surface area contributed by atoms with Gasteiger partial charge in [0.2, 0.25) is 6.79 Å². The second kappa shape index (κ2) is 6.14. The summed E-state index contributed by atoms with van der Waals surface area (Å²) in [6, 6.07) is 5.68. The molecular formula is C16H14N6O2S. The zero-order valence-electron chi connectivity index (χ0n) is 13.4. The van der Waals surface area contributed by atoms with Crippen molar-refractivity contribution >= 4 is 28.7 Å². The SMILES string of the molecule is CCCn1c(Sc2cc3c(cc2C#N)OCO3)nc2c(N)ncnc21. The largest absolute Gasteiger partial charge is 0.454 e. The highest BCUT2D eigenvalue weighted by molar-refractivity contribution is 7.99. The first-order valence-corrected chi connectivity index (χ1v) is 8.51. The van der Waals surface area contributed by atoms with Gasteiger partial charge < -0.3 is 19.8 Å². The number of nitrogens with two attached hydrogens (primary N) is 1. The first kappa shape index (κ1) is 15.5. The molecule has 25 heavy (non-hydrogen) atoms. The number of imidazole rings is 1. The molecule has 0 aliphatic carbocycles. The number of anilines is 1. The van der Waals surface area contributed by atoms with Gasteiger partial charge in [-0.2, -0.15) is 5.26 Å². The van der Waals surface area contributed by atoms with E-state index in [0.29, 0.717) is 39.2 Å². The Morgan fingerprint density at radius 2 is 2.12 bits per heavy atom. The van der Waals surface area contributed by atoms with Crippen LogP contribution in [0.2, 0.25) is 0 Å². The van der Waals surface area contributed by atoms with Gasteiger partial charge in [-0.1, -0.05) is 18.7 Å². The van der Waals surface area contributed by atoms with E-state index in [1.165, 1.54) is 18.1 Å². The van der Waals surface area contributed by atoms with Crippen LogP contribution in [-0.2, 0) is 6.54 Å². The van der Waals surface area contributed by atoms with E-state index in [9.17, 15) is 5.26 Å². The van der Waals surface area contributed by atoms with E-state index in [4.69, 9.17) is 15.2 Å². The monoisotopic (exact) mass is 354 g/mol. The topological polar surface area (TPSA) is 112 Å². The smallest absolute Gasteiger partial charge is 0.231 e. The van der Waals surface area contributed by atoms with Crippen molar-refractivity contribution in [1.29, 1.82) is 5.26 Å². The fourth-order valence-electron chi connectivity index (χ4n) is 2.63. The van der Waals surface area contributed by atoms with Crippen LogP contribution in [0.3, 0.4) is 0 Å². The second-order valence-corrected chi connectivity index (χ2v) is 6.40. The van der Waals surface area contributed by atoms with E-state index < -0.39 is 0 Å². The molecule has 1 aliphatic rings. The number of nitriles is 1. The van der Waals surface area contributed by atoms with Gasteiger partial charge in [-0.25, -0.2) is 15.0 Å². The normalized spacial score (nSPS) is 12.5. The Labute approximate surface area is 147 Å². The molecule has 0 spiro atoms. The van der Waals surface area contributed by atoms with Crippen molar-refractivity contribution in [3.63, 3.8) is 0 Å². The minimum Gasteiger partial charge on any atom is -0.454 e. The van der Waals surface area contributed by atoms with Crippen molar-refractivity contribution in [2.45, 2.75) is 29.9 Å². The number of hydrogen-bond donors (Lipinski definition) is 1. The van der Waals surface area contributed by atoms with Gasteiger partial charge in [-0.3, -0.25) is 0 Å².